The third-order valence-corrected chi connectivity index (χ3v) is 3.95. The van der Waals surface area contributed by atoms with Gasteiger partial charge in [0.15, 0.2) is 6.10 Å². The lowest BCUT2D eigenvalue weighted by molar-refractivity contribution is -0.129. The van der Waals surface area contributed by atoms with Crippen molar-refractivity contribution in [3.8, 4) is 0 Å². The number of hydrogen-bond acceptors (Lipinski definition) is 4. The van der Waals surface area contributed by atoms with Gasteiger partial charge in [-0.05, 0) is 27.6 Å². The van der Waals surface area contributed by atoms with Crippen LogP contribution in [0, 0.1) is 0 Å². The zero-order valence-electron chi connectivity index (χ0n) is 9.79. The predicted molar refractivity (Wildman–Crippen MR) is 79.2 cm³/mol. The van der Waals surface area contributed by atoms with Crippen LogP contribution in [0.3, 0.4) is 0 Å². The molecule has 0 aliphatic rings. The average Bonchev–Trinajstić information content (AvgIpc) is 2.84. The molecule has 19 heavy (non-hydrogen) atoms. The molecule has 0 radical (unpaired) electrons. The third-order valence-electron chi connectivity index (χ3n) is 2.32. The number of amides is 1. The Morgan fingerprint density at radius 2 is 2.16 bits per heavy atom. The molecule has 1 atom stereocenters. The van der Waals surface area contributed by atoms with Gasteiger partial charge in [-0.15, -0.1) is 11.3 Å². The number of aliphatic hydroxyl groups excluding tert-OH is 1. The van der Waals surface area contributed by atoms with E-state index in [4.69, 9.17) is 0 Å². The third kappa shape index (κ3) is 3.99. The molecule has 1 heterocycles. The number of benzene rings is 1. The molecule has 0 unspecified atom stereocenters. The highest BCUT2D eigenvalue weighted by atomic mass is 79.9. The second kappa shape index (κ2) is 6.60. The number of aliphatic hydroxyl groups is 1. The van der Waals surface area contributed by atoms with Gasteiger partial charge in [-0.1, -0.05) is 30.3 Å². The van der Waals surface area contributed by atoms with E-state index in [0.29, 0.717) is 5.56 Å². The summed E-state index contributed by atoms with van der Waals surface area (Å²) in [6.07, 6.45) is 0.318. The van der Waals surface area contributed by atoms with Crippen LogP contribution < -0.4 is 5.43 Å². The molecule has 6 heteroatoms. The standard InChI is InChI=1S/C13H11BrN2O2S/c14-10-6-11(19-8-10)7-15-16-13(18)12(17)9-4-2-1-3-5-9/h1-8,12,17H,(H,16,18)/b15-7-/t12-/m0/s1. The highest BCUT2D eigenvalue weighted by Gasteiger charge is 2.15. The van der Waals surface area contributed by atoms with Gasteiger partial charge in [-0.2, -0.15) is 5.10 Å². The van der Waals surface area contributed by atoms with Gasteiger partial charge in [0, 0.05) is 14.7 Å². The summed E-state index contributed by atoms with van der Waals surface area (Å²) in [5.41, 5.74) is 2.85. The van der Waals surface area contributed by atoms with Gasteiger partial charge in [0.25, 0.3) is 5.91 Å². The summed E-state index contributed by atoms with van der Waals surface area (Å²) in [5.74, 6) is -0.557. The zero-order valence-corrected chi connectivity index (χ0v) is 12.2. The number of carbonyl (C=O) groups is 1. The maximum Gasteiger partial charge on any atom is 0.273 e. The second-order valence-electron chi connectivity index (χ2n) is 3.71. The molecule has 0 saturated carbocycles. The maximum absolute atomic E-state index is 11.7. The zero-order chi connectivity index (χ0) is 13.7. The van der Waals surface area contributed by atoms with Crippen molar-refractivity contribution in [2.45, 2.75) is 6.10 Å². The van der Waals surface area contributed by atoms with Crippen molar-refractivity contribution in [2.75, 3.05) is 0 Å². The molecule has 1 aromatic carbocycles. The first-order valence-corrected chi connectivity index (χ1v) is 7.14. The number of thiophene rings is 1. The normalized spacial score (nSPS) is 12.5. The summed E-state index contributed by atoms with van der Waals surface area (Å²) >= 11 is 4.82. The summed E-state index contributed by atoms with van der Waals surface area (Å²) in [6, 6.07) is 10.6. The summed E-state index contributed by atoms with van der Waals surface area (Å²) in [6.45, 7) is 0. The fraction of sp³-hybridized carbons (Fsp3) is 0.0769. The van der Waals surface area contributed by atoms with Crippen LogP contribution in [0.2, 0.25) is 0 Å². The molecule has 0 aliphatic heterocycles. The van der Waals surface area contributed by atoms with Crippen LogP contribution in [0.15, 0.2) is 51.4 Å². The fourth-order valence-corrected chi connectivity index (χ4v) is 2.71. The quantitative estimate of drug-likeness (QED) is 0.665. The largest absolute Gasteiger partial charge is 0.378 e. The van der Waals surface area contributed by atoms with E-state index in [1.807, 2.05) is 17.5 Å². The molecule has 0 saturated heterocycles. The number of halogens is 1. The van der Waals surface area contributed by atoms with Gasteiger partial charge in [0.1, 0.15) is 0 Å². The van der Waals surface area contributed by atoms with E-state index in [2.05, 4.69) is 26.5 Å². The van der Waals surface area contributed by atoms with Crippen molar-refractivity contribution in [3.05, 3.63) is 56.7 Å². The van der Waals surface area contributed by atoms with Crippen molar-refractivity contribution in [2.24, 2.45) is 5.10 Å². The summed E-state index contributed by atoms with van der Waals surface area (Å²) in [4.78, 5) is 12.6. The Labute approximate surface area is 122 Å². The second-order valence-corrected chi connectivity index (χ2v) is 5.57. The van der Waals surface area contributed by atoms with Crippen molar-refractivity contribution < 1.29 is 9.90 Å². The Hall–Kier alpha value is -1.50. The number of carbonyl (C=O) groups excluding carboxylic acids is 1. The number of nitrogens with one attached hydrogen (secondary N) is 1. The van der Waals surface area contributed by atoms with Crippen molar-refractivity contribution in [1.29, 1.82) is 0 Å². The molecular weight excluding hydrogens is 328 g/mol. The first-order valence-electron chi connectivity index (χ1n) is 5.47. The Morgan fingerprint density at radius 1 is 1.42 bits per heavy atom. The molecule has 2 aromatic rings. The molecule has 2 N–H and O–H groups in total. The van der Waals surface area contributed by atoms with Gasteiger partial charge in [0.2, 0.25) is 0 Å². The van der Waals surface area contributed by atoms with Gasteiger partial charge >= 0.3 is 0 Å². The minimum Gasteiger partial charge on any atom is -0.378 e. The summed E-state index contributed by atoms with van der Waals surface area (Å²) in [5, 5.41) is 15.5. The van der Waals surface area contributed by atoms with Crippen LogP contribution in [0.4, 0.5) is 0 Å². The number of hydrogen-bond donors (Lipinski definition) is 2. The van der Waals surface area contributed by atoms with Crippen LogP contribution in [0.1, 0.15) is 16.5 Å². The molecule has 1 aromatic heterocycles. The minimum atomic E-state index is -1.21. The monoisotopic (exact) mass is 338 g/mol. The van der Waals surface area contributed by atoms with E-state index < -0.39 is 12.0 Å². The van der Waals surface area contributed by atoms with Crippen LogP contribution in [0.5, 0.6) is 0 Å². The Kier molecular flexibility index (Phi) is 4.84. The highest BCUT2D eigenvalue weighted by molar-refractivity contribution is 9.10. The Morgan fingerprint density at radius 3 is 2.79 bits per heavy atom. The van der Waals surface area contributed by atoms with E-state index in [0.717, 1.165) is 9.35 Å². The highest BCUT2D eigenvalue weighted by Crippen LogP contribution is 2.17. The number of hydrazone groups is 1. The van der Waals surface area contributed by atoms with Gasteiger partial charge < -0.3 is 5.11 Å². The molecule has 0 spiro atoms. The van der Waals surface area contributed by atoms with E-state index >= 15 is 0 Å². The SMILES string of the molecule is O=C(N/N=C\c1cc(Br)cs1)[C@@H](O)c1ccccc1. The van der Waals surface area contributed by atoms with E-state index in [1.165, 1.54) is 17.6 Å². The van der Waals surface area contributed by atoms with E-state index in [-0.39, 0.29) is 0 Å². The molecule has 4 nitrogen and oxygen atoms in total. The average molecular weight is 339 g/mol. The first-order chi connectivity index (χ1) is 9.16. The maximum atomic E-state index is 11.7. The van der Waals surface area contributed by atoms with Gasteiger partial charge in [-0.3, -0.25) is 4.79 Å². The summed E-state index contributed by atoms with van der Waals surface area (Å²) in [7, 11) is 0. The van der Waals surface area contributed by atoms with Crippen LogP contribution in [-0.4, -0.2) is 17.2 Å². The summed E-state index contributed by atoms with van der Waals surface area (Å²) < 4.78 is 0.967. The smallest absolute Gasteiger partial charge is 0.273 e. The Bertz CT molecular complexity index is 583. The first kappa shape index (κ1) is 13.9. The molecule has 2 rings (SSSR count). The molecule has 0 aliphatic carbocycles. The van der Waals surface area contributed by atoms with Gasteiger partial charge in [-0.25, -0.2) is 5.43 Å². The topological polar surface area (TPSA) is 61.7 Å². The minimum absolute atomic E-state index is 0.536. The molecule has 98 valence electrons. The van der Waals surface area contributed by atoms with Gasteiger partial charge in [0.05, 0.1) is 6.21 Å². The van der Waals surface area contributed by atoms with Crippen LogP contribution in [0.25, 0.3) is 0 Å². The van der Waals surface area contributed by atoms with Crippen molar-refractivity contribution in [1.82, 2.24) is 5.43 Å². The number of rotatable bonds is 4. The van der Waals surface area contributed by atoms with Crippen molar-refractivity contribution >= 4 is 39.4 Å². The lowest BCUT2D eigenvalue weighted by atomic mass is 10.1. The van der Waals surface area contributed by atoms with Crippen LogP contribution in [-0.2, 0) is 4.79 Å². The van der Waals surface area contributed by atoms with Crippen LogP contribution >= 0.6 is 27.3 Å². The van der Waals surface area contributed by atoms with Crippen molar-refractivity contribution in [3.63, 3.8) is 0 Å². The molecular formula is C13H11BrN2O2S. The lowest BCUT2D eigenvalue weighted by Crippen LogP contribution is -2.25. The molecule has 0 bridgehead atoms. The molecule has 1 amide bonds. The van der Waals surface area contributed by atoms with E-state index in [1.54, 1.807) is 24.3 Å². The van der Waals surface area contributed by atoms with E-state index in [9.17, 15) is 9.90 Å². The molecule has 0 fully saturated rings. The predicted octanol–water partition coefficient (Wildman–Crippen LogP) is 2.69. The lowest BCUT2D eigenvalue weighted by Gasteiger charge is -2.08. The number of nitrogens with zero attached hydrogens (tertiary/aromatic N) is 1. The Balaban J connectivity index is 1.93. The fourth-order valence-electron chi connectivity index (χ4n) is 1.40.